The molecule has 0 saturated carbocycles. The second kappa shape index (κ2) is 7.49. The number of aromatic nitrogens is 2. The van der Waals surface area contributed by atoms with Gasteiger partial charge in [-0.05, 0) is 52.8 Å². The van der Waals surface area contributed by atoms with Crippen LogP contribution in [0.15, 0.2) is 42.7 Å². The molecule has 3 heterocycles. The quantitative estimate of drug-likeness (QED) is 0.668. The molecule has 0 fully saturated rings. The zero-order valence-corrected chi connectivity index (χ0v) is 17.4. The lowest BCUT2D eigenvalue weighted by Gasteiger charge is -2.30. The first-order valence-corrected chi connectivity index (χ1v) is 11.8. The monoisotopic (exact) mass is 427 g/mol. The highest BCUT2D eigenvalue weighted by Gasteiger charge is 2.29. The summed E-state index contributed by atoms with van der Waals surface area (Å²) in [5.41, 5.74) is 7.59. The number of hydrogen-bond acceptors (Lipinski definition) is 6. The average molecular weight is 428 g/mol. The Balaban J connectivity index is 1.47. The van der Waals surface area contributed by atoms with Gasteiger partial charge in [-0.25, -0.2) is 9.71 Å². The van der Waals surface area contributed by atoms with Crippen molar-refractivity contribution in [1.29, 1.82) is 0 Å². The molecule has 2 aliphatic rings. The summed E-state index contributed by atoms with van der Waals surface area (Å²) in [6.45, 7) is 2.69. The summed E-state index contributed by atoms with van der Waals surface area (Å²) >= 11 is 1.03. The highest BCUT2D eigenvalue weighted by atomic mass is 32.2. The Hall–Kier alpha value is -2.33. The molecule has 0 spiro atoms. The molecule has 0 unspecified atom stereocenters. The molecule has 2 aromatic carbocycles. The fourth-order valence-electron chi connectivity index (χ4n) is 4.22. The summed E-state index contributed by atoms with van der Waals surface area (Å²) in [5.74, 6) is 0. The Bertz CT molecular complexity index is 1150. The van der Waals surface area contributed by atoms with E-state index in [1.165, 1.54) is 38.4 Å². The van der Waals surface area contributed by atoms with Crippen LogP contribution in [0.5, 0.6) is 0 Å². The minimum Gasteiger partial charge on any atom is -0.312 e. The summed E-state index contributed by atoms with van der Waals surface area (Å²) < 4.78 is 33.4. The maximum atomic E-state index is 12.8. The van der Waals surface area contributed by atoms with Crippen LogP contribution in [0.2, 0.25) is 0 Å². The summed E-state index contributed by atoms with van der Waals surface area (Å²) in [6, 6.07) is 12.7. The second-order valence-corrected chi connectivity index (χ2v) is 9.70. The zero-order valence-electron chi connectivity index (χ0n) is 15.8. The number of anilines is 1. The molecule has 0 saturated heterocycles. The Morgan fingerprint density at radius 2 is 1.79 bits per heavy atom. The summed E-state index contributed by atoms with van der Waals surface area (Å²) in [6.07, 6.45) is 3.04. The van der Waals surface area contributed by atoms with Gasteiger partial charge in [0.1, 0.15) is 6.33 Å². The molecule has 29 heavy (non-hydrogen) atoms. The van der Waals surface area contributed by atoms with E-state index in [-0.39, 0.29) is 5.13 Å². The van der Waals surface area contributed by atoms with Crippen molar-refractivity contribution in [3.8, 4) is 11.1 Å². The van der Waals surface area contributed by atoms with E-state index in [1.807, 2.05) is 12.1 Å². The average Bonchev–Trinajstić information content (AvgIpc) is 3.25. The minimum absolute atomic E-state index is 0.286. The fraction of sp³-hybridized carbons (Fsp3) is 0.300. The molecule has 0 aliphatic carbocycles. The molecule has 2 N–H and O–H groups in total. The summed E-state index contributed by atoms with van der Waals surface area (Å²) in [4.78, 5) is 3.92. The van der Waals surface area contributed by atoms with Crippen molar-refractivity contribution in [1.82, 2.24) is 19.0 Å². The van der Waals surface area contributed by atoms with Gasteiger partial charge in [0.05, 0.1) is 0 Å². The van der Waals surface area contributed by atoms with Crippen LogP contribution >= 0.6 is 11.5 Å². The minimum atomic E-state index is -3.66. The van der Waals surface area contributed by atoms with Crippen molar-refractivity contribution in [2.75, 3.05) is 17.8 Å². The van der Waals surface area contributed by atoms with Gasteiger partial charge in [0.15, 0.2) is 0 Å². The van der Waals surface area contributed by atoms with E-state index in [0.717, 1.165) is 36.6 Å². The molecule has 1 aromatic heterocycles. The van der Waals surface area contributed by atoms with Gasteiger partial charge in [-0.1, -0.05) is 36.4 Å². The first kappa shape index (κ1) is 18.7. The summed E-state index contributed by atoms with van der Waals surface area (Å²) in [5, 5.41) is 3.72. The van der Waals surface area contributed by atoms with Crippen LogP contribution in [0.25, 0.3) is 11.1 Å². The van der Waals surface area contributed by atoms with Crippen LogP contribution in [-0.2, 0) is 36.1 Å². The molecule has 150 valence electrons. The first-order chi connectivity index (χ1) is 14.1. The number of hydrogen-bond donors (Lipinski definition) is 2. The molecule has 0 amide bonds. The van der Waals surface area contributed by atoms with E-state index < -0.39 is 10.2 Å². The molecular weight excluding hydrogens is 406 g/mol. The van der Waals surface area contributed by atoms with Gasteiger partial charge in [-0.15, -0.1) is 0 Å². The number of benzene rings is 2. The normalized spacial score (nSPS) is 16.8. The summed E-state index contributed by atoms with van der Waals surface area (Å²) in [7, 11) is -3.66. The fourth-order valence-corrected chi connectivity index (χ4v) is 6.01. The van der Waals surface area contributed by atoms with Crippen molar-refractivity contribution in [3.05, 3.63) is 65.0 Å². The van der Waals surface area contributed by atoms with Gasteiger partial charge >= 0.3 is 10.2 Å². The van der Waals surface area contributed by atoms with Crippen LogP contribution in [0.3, 0.4) is 0 Å². The van der Waals surface area contributed by atoms with Gasteiger partial charge in [0, 0.05) is 31.2 Å². The van der Waals surface area contributed by atoms with Gasteiger partial charge in [-0.3, -0.25) is 0 Å². The first-order valence-electron chi connectivity index (χ1n) is 9.59. The topological polar surface area (TPSA) is 87.2 Å². The molecule has 0 atom stereocenters. The van der Waals surface area contributed by atoms with Gasteiger partial charge in [0.2, 0.25) is 5.13 Å². The van der Waals surface area contributed by atoms with E-state index in [2.05, 4.69) is 43.7 Å². The van der Waals surface area contributed by atoms with Crippen LogP contribution in [0.1, 0.15) is 22.3 Å². The van der Waals surface area contributed by atoms with Crippen molar-refractivity contribution in [3.63, 3.8) is 0 Å². The molecule has 7 nitrogen and oxygen atoms in total. The largest absolute Gasteiger partial charge is 0.312 e. The lowest BCUT2D eigenvalue weighted by Crippen LogP contribution is -2.39. The molecular formula is C20H21N5O2S2. The highest BCUT2D eigenvalue weighted by Crippen LogP contribution is 2.35. The van der Waals surface area contributed by atoms with Crippen molar-refractivity contribution in [2.45, 2.75) is 25.9 Å². The number of nitrogens with zero attached hydrogens (tertiary/aromatic N) is 3. The smallest absolute Gasteiger partial charge is 0.303 e. The van der Waals surface area contributed by atoms with Crippen LogP contribution in [0.4, 0.5) is 5.13 Å². The molecule has 2 aliphatic heterocycles. The molecule has 0 radical (unpaired) electrons. The van der Waals surface area contributed by atoms with Crippen molar-refractivity contribution < 1.29 is 8.42 Å². The van der Waals surface area contributed by atoms with Gasteiger partial charge in [-0.2, -0.15) is 17.1 Å². The van der Waals surface area contributed by atoms with Crippen molar-refractivity contribution >= 4 is 26.9 Å². The van der Waals surface area contributed by atoms with E-state index in [9.17, 15) is 8.42 Å². The van der Waals surface area contributed by atoms with Crippen molar-refractivity contribution in [2.24, 2.45) is 0 Å². The predicted molar refractivity (Wildman–Crippen MR) is 114 cm³/mol. The highest BCUT2D eigenvalue weighted by molar-refractivity contribution is 7.90. The third-order valence-electron chi connectivity index (χ3n) is 5.58. The van der Waals surface area contributed by atoms with Crippen LogP contribution in [0, 0.1) is 0 Å². The SMILES string of the molecule is O=S(=O)(Nc1ncns1)N1CCc2c(cccc2-c2cccc3c2CCNC3)C1. The Morgan fingerprint density at radius 3 is 2.55 bits per heavy atom. The zero-order chi connectivity index (χ0) is 19.8. The third kappa shape index (κ3) is 3.55. The lowest BCUT2D eigenvalue weighted by molar-refractivity contribution is 0.395. The number of fused-ring (bicyclic) bond motifs is 2. The van der Waals surface area contributed by atoms with Gasteiger partial charge < -0.3 is 5.32 Å². The molecule has 0 bridgehead atoms. The second-order valence-electron chi connectivity index (χ2n) is 7.25. The Kier molecular flexibility index (Phi) is 4.83. The van der Waals surface area contributed by atoms with Crippen LogP contribution < -0.4 is 10.0 Å². The third-order valence-corrected chi connectivity index (χ3v) is 7.73. The van der Waals surface area contributed by atoms with E-state index in [1.54, 1.807) is 0 Å². The standard InChI is InChI=1S/C20H21N5O2S2/c26-29(27,24-20-22-13-23-28-20)25-10-8-17-15(12-25)4-2-6-19(17)18-5-1-3-14-11-21-9-7-16(14)18/h1-6,13,21H,7-12H2,(H,22,23,24). The van der Waals surface area contributed by atoms with E-state index in [4.69, 9.17) is 0 Å². The van der Waals surface area contributed by atoms with E-state index >= 15 is 0 Å². The molecule has 9 heteroatoms. The Morgan fingerprint density at radius 1 is 1.03 bits per heavy atom. The number of rotatable bonds is 4. The number of nitrogens with one attached hydrogen (secondary N) is 2. The van der Waals surface area contributed by atoms with Gasteiger partial charge in [0.25, 0.3) is 0 Å². The predicted octanol–water partition coefficient (Wildman–Crippen LogP) is 2.57. The molecule has 3 aromatic rings. The maximum Gasteiger partial charge on any atom is 0.303 e. The Labute approximate surface area is 174 Å². The van der Waals surface area contributed by atoms with Crippen LogP contribution in [-0.4, -0.2) is 35.2 Å². The lowest BCUT2D eigenvalue weighted by atomic mass is 9.86. The molecule has 5 rings (SSSR count). The maximum absolute atomic E-state index is 12.8. The van der Waals surface area contributed by atoms with E-state index in [0.29, 0.717) is 19.5 Å².